The Labute approximate surface area is 224 Å². The lowest BCUT2D eigenvalue weighted by Crippen LogP contribution is -2.33. The van der Waals surface area contributed by atoms with Gasteiger partial charge in [0.05, 0.1) is 17.0 Å². The summed E-state index contributed by atoms with van der Waals surface area (Å²) in [7, 11) is 0. The number of amides is 3. The number of carbonyl (C=O) groups excluding carboxylic acids is 4. The van der Waals surface area contributed by atoms with E-state index < -0.39 is 11.1 Å². The summed E-state index contributed by atoms with van der Waals surface area (Å²) in [5.41, 5.74) is 3.20. The molecule has 1 aromatic heterocycles. The first kappa shape index (κ1) is 25.3. The molecule has 190 valence electrons. The summed E-state index contributed by atoms with van der Waals surface area (Å²) in [5.74, 6) is -0.768. The van der Waals surface area contributed by atoms with Crippen molar-refractivity contribution >= 4 is 63.2 Å². The second kappa shape index (κ2) is 10.6. The molecule has 0 bridgehead atoms. The number of aryl methyl sites for hydroxylation is 1. The maximum atomic E-state index is 13.1. The van der Waals surface area contributed by atoms with Gasteiger partial charge < -0.3 is 9.47 Å². The lowest BCUT2D eigenvalue weighted by Gasteiger charge is -2.16. The summed E-state index contributed by atoms with van der Waals surface area (Å²) < 4.78 is 1.95. The zero-order valence-corrected chi connectivity index (χ0v) is 22.0. The molecule has 2 fully saturated rings. The molecule has 0 unspecified atom stereocenters. The van der Waals surface area contributed by atoms with Gasteiger partial charge in [-0.3, -0.25) is 24.1 Å². The van der Waals surface area contributed by atoms with E-state index in [2.05, 4.69) is 6.92 Å². The third-order valence-corrected chi connectivity index (χ3v) is 7.95. The van der Waals surface area contributed by atoms with Gasteiger partial charge in [-0.15, -0.1) is 0 Å². The van der Waals surface area contributed by atoms with Crippen molar-refractivity contribution in [1.82, 2.24) is 14.4 Å². The van der Waals surface area contributed by atoms with Crippen molar-refractivity contribution in [3.8, 4) is 0 Å². The number of fused-ring (bicyclic) bond motifs is 1. The van der Waals surface area contributed by atoms with Crippen LogP contribution in [-0.4, -0.2) is 56.8 Å². The van der Waals surface area contributed by atoms with Crippen LogP contribution in [0.25, 0.3) is 17.0 Å². The van der Waals surface area contributed by atoms with Gasteiger partial charge in [0.1, 0.15) is 6.54 Å². The zero-order valence-electron chi connectivity index (χ0n) is 20.4. The minimum absolute atomic E-state index is 0.0768. The highest BCUT2D eigenvalue weighted by Crippen LogP contribution is 2.35. The molecule has 2 aliphatic heterocycles. The molecule has 5 rings (SSSR count). The third kappa shape index (κ3) is 5.08. The molecule has 2 aromatic carbocycles. The Kier molecular flexibility index (Phi) is 7.22. The van der Waals surface area contributed by atoms with Crippen LogP contribution in [0.4, 0.5) is 4.79 Å². The van der Waals surface area contributed by atoms with E-state index in [0.29, 0.717) is 10.6 Å². The van der Waals surface area contributed by atoms with Gasteiger partial charge in [-0.25, -0.2) is 0 Å². The number of ketones is 1. The number of para-hydroxylation sites is 1. The maximum absolute atomic E-state index is 13.1. The van der Waals surface area contributed by atoms with Crippen molar-refractivity contribution in [2.75, 3.05) is 19.6 Å². The van der Waals surface area contributed by atoms with E-state index in [1.165, 1.54) is 0 Å². The predicted molar refractivity (Wildman–Crippen MR) is 146 cm³/mol. The van der Waals surface area contributed by atoms with E-state index in [9.17, 15) is 19.2 Å². The molecule has 7 nitrogen and oxygen atoms in total. The monoisotopic (exact) mass is 535 g/mol. The van der Waals surface area contributed by atoms with Crippen molar-refractivity contribution in [1.29, 1.82) is 0 Å². The van der Waals surface area contributed by atoms with Crippen molar-refractivity contribution in [3.05, 3.63) is 75.3 Å². The quantitative estimate of drug-likeness (QED) is 0.299. The van der Waals surface area contributed by atoms with Crippen molar-refractivity contribution in [3.63, 3.8) is 0 Å². The molecule has 37 heavy (non-hydrogen) atoms. The Morgan fingerprint density at radius 3 is 2.46 bits per heavy atom. The number of nitrogens with zero attached hydrogens (tertiary/aromatic N) is 3. The molecule has 0 aliphatic carbocycles. The van der Waals surface area contributed by atoms with Crippen LogP contribution in [0.15, 0.2) is 53.6 Å². The topological polar surface area (TPSA) is 79.7 Å². The predicted octanol–water partition coefficient (Wildman–Crippen LogP) is 5.40. The Balaban J connectivity index is 1.43. The van der Waals surface area contributed by atoms with E-state index in [-0.39, 0.29) is 29.7 Å². The molecule has 0 N–H and O–H groups in total. The van der Waals surface area contributed by atoms with E-state index in [1.807, 2.05) is 33.9 Å². The van der Waals surface area contributed by atoms with E-state index in [0.717, 1.165) is 71.0 Å². The molecular formula is C28H26ClN3O4S. The van der Waals surface area contributed by atoms with Gasteiger partial charge in [0.25, 0.3) is 11.1 Å². The molecule has 0 atom stereocenters. The fraction of sp³-hybridized carbons (Fsp3) is 0.286. The highest BCUT2D eigenvalue weighted by atomic mass is 35.5. The standard InChI is InChI=1S/C28H26ClN3O4S/c1-2-18-6-5-7-22-20(15-31(26(18)22)17-25(34)30-12-3-4-13-30)14-24-27(35)32(28(36)37-24)16-23(33)19-8-10-21(29)11-9-19/h5-11,14-15H,2-4,12-13,16-17H2,1H3/b24-14-. The Hall–Kier alpha value is -3.36. The number of imide groups is 1. The Bertz CT molecular complexity index is 1440. The van der Waals surface area contributed by atoms with Crippen LogP contribution in [-0.2, 0) is 22.6 Å². The number of hydrogen-bond acceptors (Lipinski definition) is 5. The number of hydrogen-bond donors (Lipinski definition) is 0. The number of halogens is 1. The van der Waals surface area contributed by atoms with Crippen LogP contribution in [0, 0.1) is 0 Å². The van der Waals surface area contributed by atoms with Crippen molar-refractivity contribution in [2.24, 2.45) is 0 Å². The highest BCUT2D eigenvalue weighted by Gasteiger charge is 2.36. The molecule has 2 aliphatic rings. The minimum atomic E-state index is -0.502. The molecule has 3 heterocycles. The Morgan fingerprint density at radius 1 is 1.03 bits per heavy atom. The lowest BCUT2D eigenvalue weighted by molar-refractivity contribution is -0.130. The van der Waals surface area contributed by atoms with Gasteiger partial charge in [-0.05, 0) is 66.9 Å². The number of carbonyl (C=O) groups is 4. The van der Waals surface area contributed by atoms with Gasteiger partial charge in [0, 0.05) is 40.8 Å². The third-order valence-electron chi connectivity index (χ3n) is 6.79. The highest BCUT2D eigenvalue weighted by molar-refractivity contribution is 8.18. The fourth-order valence-electron chi connectivity index (χ4n) is 4.85. The van der Waals surface area contributed by atoms with Crippen molar-refractivity contribution in [2.45, 2.75) is 32.7 Å². The first-order valence-corrected chi connectivity index (χ1v) is 13.5. The average molecular weight is 536 g/mol. The number of rotatable bonds is 7. The number of Topliss-reactive ketones (excluding diaryl/α,β-unsaturated/α-hetero) is 1. The normalized spacial score (nSPS) is 17.0. The molecule has 2 saturated heterocycles. The lowest BCUT2D eigenvalue weighted by atomic mass is 10.1. The number of benzene rings is 2. The summed E-state index contributed by atoms with van der Waals surface area (Å²) in [6, 6.07) is 12.3. The number of aromatic nitrogens is 1. The maximum Gasteiger partial charge on any atom is 0.293 e. The number of likely N-dealkylation sites (tertiary alicyclic amines) is 1. The van der Waals surface area contributed by atoms with Crippen LogP contribution in [0.5, 0.6) is 0 Å². The van der Waals surface area contributed by atoms with E-state index in [4.69, 9.17) is 11.6 Å². The Morgan fingerprint density at radius 2 is 1.76 bits per heavy atom. The average Bonchev–Trinajstić information content (AvgIpc) is 3.61. The second-order valence-electron chi connectivity index (χ2n) is 9.17. The van der Waals surface area contributed by atoms with Gasteiger partial charge in [-0.2, -0.15) is 0 Å². The molecule has 9 heteroatoms. The summed E-state index contributed by atoms with van der Waals surface area (Å²) >= 11 is 6.71. The summed E-state index contributed by atoms with van der Waals surface area (Å²) in [6.45, 7) is 3.52. The van der Waals surface area contributed by atoms with Crippen LogP contribution >= 0.6 is 23.4 Å². The first-order valence-electron chi connectivity index (χ1n) is 12.3. The summed E-state index contributed by atoms with van der Waals surface area (Å²) in [4.78, 5) is 54.5. The van der Waals surface area contributed by atoms with Gasteiger partial charge in [0.2, 0.25) is 5.91 Å². The zero-order chi connectivity index (χ0) is 26.1. The van der Waals surface area contributed by atoms with Crippen LogP contribution < -0.4 is 0 Å². The molecular weight excluding hydrogens is 510 g/mol. The van der Waals surface area contributed by atoms with Gasteiger partial charge in [-0.1, -0.05) is 36.7 Å². The second-order valence-corrected chi connectivity index (χ2v) is 10.6. The van der Waals surface area contributed by atoms with Crippen LogP contribution in [0.1, 0.15) is 41.3 Å². The summed E-state index contributed by atoms with van der Waals surface area (Å²) in [5, 5.41) is 0.927. The van der Waals surface area contributed by atoms with Crippen LogP contribution in [0.2, 0.25) is 5.02 Å². The van der Waals surface area contributed by atoms with Crippen LogP contribution in [0.3, 0.4) is 0 Å². The smallest absolute Gasteiger partial charge is 0.293 e. The molecule has 0 radical (unpaired) electrons. The molecule has 3 aromatic rings. The molecule has 0 spiro atoms. The largest absolute Gasteiger partial charge is 0.341 e. The number of thioether (sulfide) groups is 1. The van der Waals surface area contributed by atoms with Gasteiger partial charge in [0.15, 0.2) is 5.78 Å². The summed E-state index contributed by atoms with van der Waals surface area (Å²) in [6.07, 6.45) is 6.42. The van der Waals surface area contributed by atoms with Crippen molar-refractivity contribution < 1.29 is 19.2 Å². The van der Waals surface area contributed by atoms with Gasteiger partial charge >= 0.3 is 0 Å². The van der Waals surface area contributed by atoms with E-state index in [1.54, 1.807) is 30.3 Å². The first-order chi connectivity index (χ1) is 17.9. The SMILES string of the molecule is CCc1cccc2c(/C=C3\SC(=O)N(CC(=O)c4ccc(Cl)cc4)C3=O)cn(CC(=O)N3CCCC3)c12. The molecule has 0 saturated carbocycles. The minimum Gasteiger partial charge on any atom is -0.341 e. The fourth-order valence-corrected chi connectivity index (χ4v) is 5.81. The molecule has 3 amide bonds. The van der Waals surface area contributed by atoms with E-state index >= 15 is 0 Å².